The number of halogens is 1. The van der Waals surface area contributed by atoms with E-state index in [1.165, 1.54) is 0 Å². The normalized spacial score (nSPS) is 20.0. The van der Waals surface area contributed by atoms with E-state index in [9.17, 15) is 4.79 Å². The summed E-state index contributed by atoms with van der Waals surface area (Å²) >= 11 is 8.13. The van der Waals surface area contributed by atoms with Gasteiger partial charge in [-0.2, -0.15) is 9.58 Å². The lowest BCUT2D eigenvalue weighted by atomic mass is 10.1. The van der Waals surface area contributed by atoms with Gasteiger partial charge >= 0.3 is 5.13 Å². The fourth-order valence-electron chi connectivity index (χ4n) is 4.50. The number of hydrogen-bond acceptors (Lipinski definition) is 7. The summed E-state index contributed by atoms with van der Waals surface area (Å²) in [6.07, 6.45) is 3.38. The van der Waals surface area contributed by atoms with Gasteiger partial charge in [0.1, 0.15) is 30.8 Å². The number of aryl methyl sites for hydroxylation is 1. The van der Waals surface area contributed by atoms with E-state index >= 15 is 0 Å². The van der Waals surface area contributed by atoms with E-state index in [1.807, 2.05) is 38.3 Å². The Balaban J connectivity index is 1.82. The molecule has 1 saturated heterocycles. The quantitative estimate of drug-likeness (QED) is 0.423. The average Bonchev–Trinajstić information content (AvgIpc) is 3.52. The first-order chi connectivity index (χ1) is 16.5. The minimum absolute atomic E-state index is 0.102. The lowest BCUT2D eigenvalue weighted by molar-refractivity contribution is 0.0711. The van der Waals surface area contributed by atoms with Crippen molar-refractivity contribution in [3.63, 3.8) is 0 Å². The van der Waals surface area contributed by atoms with Gasteiger partial charge in [-0.1, -0.05) is 29.9 Å². The highest BCUT2D eigenvalue weighted by atomic mass is 35.5. The van der Waals surface area contributed by atoms with Crippen LogP contribution in [0, 0.1) is 0 Å². The summed E-state index contributed by atoms with van der Waals surface area (Å²) in [7, 11) is 1.59. The second-order valence-electron chi connectivity index (χ2n) is 8.17. The summed E-state index contributed by atoms with van der Waals surface area (Å²) in [4.78, 5) is 23.4. The van der Waals surface area contributed by atoms with E-state index in [2.05, 4.69) is 10.4 Å². The fourth-order valence-corrected chi connectivity index (χ4v) is 5.53. The molecule has 0 spiro atoms. The van der Waals surface area contributed by atoms with Crippen LogP contribution in [0.3, 0.4) is 0 Å². The Morgan fingerprint density at radius 1 is 1.32 bits per heavy atom. The van der Waals surface area contributed by atoms with Gasteiger partial charge < -0.3 is 9.47 Å². The predicted molar refractivity (Wildman–Crippen MR) is 138 cm³/mol. The molecule has 1 aromatic carbocycles. The zero-order valence-electron chi connectivity index (χ0n) is 20.0. The first kappa shape index (κ1) is 24.7. The summed E-state index contributed by atoms with van der Waals surface area (Å²) in [5.74, 6) is 1.21. The number of rotatable bonds is 9. The molecule has 3 aromatic rings. The number of nitrogens with zero attached hydrogens (tertiary/aromatic N) is 4. The molecule has 34 heavy (non-hydrogen) atoms. The number of ether oxygens (including phenoxy) is 2. The Labute approximate surface area is 208 Å². The molecule has 0 saturated carbocycles. The first-order valence-electron chi connectivity index (χ1n) is 11.6. The molecule has 2 aromatic heterocycles. The van der Waals surface area contributed by atoms with Crippen molar-refractivity contribution >= 4 is 33.8 Å². The van der Waals surface area contributed by atoms with Crippen molar-refractivity contribution in [1.82, 2.24) is 19.1 Å². The predicted octanol–water partition coefficient (Wildman–Crippen LogP) is 4.75. The summed E-state index contributed by atoms with van der Waals surface area (Å²) in [6, 6.07) is 5.41. The summed E-state index contributed by atoms with van der Waals surface area (Å²) in [5.41, 5.74) is 5.36. The SMILES string of the molecule is CCO[C@H]1CC[N+](Nc2c(CC)nc(-c3ccc(OC)cc3Cl)n(CC)c2=O)(c2nccs2)C1. The number of nitrogens with one attached hydrogen (secondary N) is 1. The van der Waals surface area contributed by atoms with Crippen molar-refractivity contribution in [2.24, 2.45) is 0 Å². The molecule has 0 aliphatic carbocycles. The topological polar surface area (TPSA) is 78.3 Å². The van der Waals surface area contributed by atoms with E-state index in [1.54, 1.807) is 35.3 Å². The Morgan fingerprint density at radius 3 is 2.76 bits per heavy atom. The molecule has 4 rings (SSSR count). The number of methoxy groups -OCH3 is 1. The smallest absolute Gasteiger partial charge is 0.311 e. The van der Waals surface area contributed by atoms with Gasteiger partial charge in [-0.25, -0.2) is 10.4 Å². The maximum atomic E-state index is 13.8. The van der Waals surface area contributed by atoms with Crippen LogP contribution in [0.1, 0.15) is 32.9 Å². The largest absolute Gasteiger partial charge is 0.497 e. The van der Waals surface area contributed by atoms with Gasteiger partial charge in [-0.05, 0) is 38.5 Å². The van der Waals surface area contributed by atoms with Gasteiger partial charge in [-0.15, -0.1) is 0 Å². The summed E-state index contributed by atoms with van der Waals surface area (Å²) in [6.45, 7) is 8.53. The minimum atomic E-state index is -0.120. The minimum Gasteiger partial charge on any atom is -0.497 e. The van der Waals surface area contributed by atoms with E-state index in [0.717, 1.165) is 18.1 Å². The van der Waals surface area contributed by atoms with Gasteiger partial charge in [0.2, 0.25) is 0 Å². The molecule has 8 nitrogen and oxygen atoms in total. The first-order valence-corrected chi connectivity index (χ1v) is 12.9. The molecule has 182 valence electrons. The Bertz CT molecular complexity index is 1200. The molecule has 0 radical (unpaired) electrons. The van der Waals surface area contributed by atoms with E-state index in [4.69, 9.17) is 26.1 Å². The summed E-state index contributed by atoms with van der Waals surface area (Å²) in [5, 5.41) is 3.36. The van der Waals surface area contributed by atoms with Crippen molar-refractivity contribution in [3.05, 3.63) is 50.8 Å². The van der Waals surface area contributed by atoms with Gasteiger partial charge in [0.25, 0.3) is 5.56 Å². The summed E-state index contributed by atoms with van der Waals surface area (Å²) < 4.78 is 13.3. The molecule has 1 fully saturated rings. The number of quaternary nitrogens is 1. The molecule has 3 heterocycles. The second-order valence-corrected chi connectivity index (χ2v) is 9.45. The van der Waals surface area contributed by atoms with Gasteiger partial charge in [0.15, 0.2) is 5.69 Å². The monoisotopic (exact) mass is 504 g/mol. The number of benzene rings is 1. The Kier molecular flexibility index (Phi) is 7.57. The molecular formula is C24H31ClN5O3S+. The van der Waals surface area contributed by atoms with Crippen LogP contribution in [0.25, 0.3) is 11.4 Å². The van der Waals surface area contributed by atoms with Crippen LogP contribution in [0.5, 0.6) is 5.75 Å². The molecule has 2 atom stereocenters. The Morgan fingerprint density at radius 2 is 2.15 bits per heavy atom. The van der Waals surface area contributed by atoms with Crippen molar-refractivity contribution < 1.29 is 9.47 Å². The third-order valence-electron chi connectivity index (χ3n) is 6.17. The van der Waals surface area contributed by atoms with Gasteiger partial charge in [0.05, 0.1) is 17.8 Å². The van der Waals surface area contributed by atoms with E-state index < -0.39 is 0 Å². The molecule has 1 aliphatic rings. The van der Waals surface area contributed by atoms with Crippen LogP contribution in [-0.2, 0) is 17.7 Å². The molecule has 0 amide bonds. The highest BCUT2D eigenvalue weighted by Crippen LogP contribution is 2.34. The Hall–Kier alpha value is -2.46. The standard InChI is InChI=1S/C24H31ClN5O3S/c1-5-20-21(28-30(24-26-11-13-34-24)12-10-17(15-30)33-7-3)23(31)29(6-2)22(27-20)18-9-8-16(32-4)14-19(18)25/h8-9,11,13-14,17,28H,5-7,10,12,15H2,1-4H3/q+1/t17-,30?/m0/s1. The molecule has 1 aliphatic heterocycles. The third-order valence-corrected chi connectivity index (χ3v) is 7.41. The maximum absolute atomic E-state index is 13.8. The van der Waals surface area contributed by atoms with Crippen LogP contribution >= 0.6 is 22.9 Å². The number of thiazole rings is 1. The average molecular weight is 505 g/mol. The van der Waals surface area contributed by atoms with Crippen LogP contribution in [-0.4, -0.2) is 47.4 Å². The number of hydrogen-bond donors (Lipinski definition) is 1. The van der Waals surface area contributed by atoms with Crippen molar-refractivity contribution in [2.75, 3.05) is 32.2 Å². The van der Waals surface area contributed by atoms with Crippen LogP contribution in [0.4, 0.5) is 10.8 Å². The molecule has 1 unspecified atom stereocenters. The van der Waals surface area contributed by atoms with Crippen LogP contribution < -0.4 is 20.3 Å². The van der Waals surface area contributed by atoms with Gasteiger partial charge in [-0.3, -0.25) is 9.36 Å². The van der Waals surface area contributed by atoms with E-state index in [0.29, 0.717) is 64.3 Å². The second kappa shape index (κ2) is 10.4. The molecule has 1 N–H and O–H groups in total. The maximum Gasteiger partial charge on any atom is 0.311 e. The van der Waals surface area contributed by atoms with Crippen molar-refractivity contribution in [1.29, 1.82) is 0 Å². The number of aromatic nitrogens is 3. The number of anilines is 1. The highest BCUT2D eigenvalue weighted by molar-refractivity contribution is 7.13. The fraction of sp³-hybridized carbons (Fsp3) is 0.458. The van der Waals surface area contributed by atoms with Crippen LogP contribution in [0.2, 0.25) is 5.02 Å². The van der Waals surface area contributed by atoms with Gasteiger partial charge in [0, 0.05) is 36.7 Å². The van der Waals surface area contributed by atoms with E-state index in [-0.39, 0.29) is 11.7 Å². The molecular weight excluding hydrogens is 474 g/mol. The lowest BCUT2D eigenvalue weighted by Gasteiger charge is -2.32. The molecule has 10 heteroatoms. The zero-order valence-corrected chi connectivity index (χ0v) is 21.6. The molecule has 0 bridgehead atoms. The van der Waals surface area contributed by atoms with Crippen molar-refractivity contribution in [2.45, 2.75) is 46.3 Å². The van der Waals surface area contributed by atoms with Crippen molar-refractivity contribution in [3.8, 4) is 17.1 Å². The lowest BCUT2D eigenvalue weighted by Crippen LogP contribution is -2.54. The zero-order chi connectivity index (χ0) is 24.3. The highest BCUT2D eigenvalue weighted by Gasteiger charge is 2.45. The van der Waals surface area contributed by atoms with Crippen LogP contribution in [0.15, 0.2) is 34.6 Å². The third kappa shape index (κ3) is 4.57.